The Morgan fingerprint density at radius 1 is 1.21 bits per heavy atom. The second kappa shape index (κ2) is 7.20. The van der Waals surface area contributed by atoms with E-state index in [1.165, 1.54) is 13.2 Å². The highest BCUT2D eigenvalue weighted by atomic mass is 19.1. The lowest BCUT2D eigenvalue weighted by Crippen LogP contribution is -2.51. The normalized spacial score (nSPS) is 24.2. The summed E-state index contributed by atoms with van der Waals surface area (Å²) in [5, 5.41) is 2.72. The van der Waals surface area contributed by atoms with Gasteiger partial charge in [-0.05, 0) is 43.2 Å². The molecule has 1 aliphatic carbocycles. The Morgan fingerprint density at radius 3 is 2.50 bits per heavy atom. The van der Waals surface area contributed by atoms with E-state index in [2.05, 4.69) is 10.1 Å². The van der Waals surface area contributed by atoms with Gasteiger partial charge >= 0.3 is 6.09 Å². The first kappa shape index (κ1) is 16.7. The fraction of sp³-hybridized carbons (Fsp3) is 0.556. The number of carbonyl (C=O) groups is 2. The van der Waals surface area contributed by atoms with Gasteiger partial charge in [0.15, 0.2) is 0 Å². The summed E-state index contributed by atoms with van der Waals surface area (Å²) in [5.41, 5.74) is 0.760. The van der Waals surface area contributed by atoms with Crippen molar-refractivity contribution >= 4 is 12.0 Å². The molecule has 1 aromatic rings. The predicted octanol–water partition coefficient (Wildman–Crippen LogP) is 2.67. The van der Waals surface area contributed by atoms with Crippen molar-refractivity contribution in [1.29, 1.82) is 0 Å². The zero-order chi connectivity index (χ0) is 17.1. The molecule has 0 unspecified atom stereocenters. The lowest BCUT2D eigenvalue weighted by molar-refractivity contribution is -0.140. The van der Waals surface area contributed by atoms with E-state index < -0.39 is 6.09 Å². The number of halogens is 1. The van der Waals surface area contributed by atoms with Gasteiger partial charge in [-0.1, -0.05) is 18.2 Å². The highest BCUT2D eigenvalue weighted by Gasteiger charge is 2.38. The highest BCUT2D eigenvalue weighted by molar-refractivity contribution is 5.80. The molecule has 130 valence electrons. The molecule has 3 rings (SSSR count). The third kappa shape index (κ3) is 3.52. The van der Waals surface area contributed by atoms with E-state index in [4.69, 9.17) is 0 Å². The molecule has 1 heterocycles. The van der Waals surface area contributed by atoms with Gasteiger partial charge in [0.2, 0.25) is 5.91 Å². The van der Waals surface area contributed by atoms with Gasteiger partial charge in [-0.15, -0.1) is 0 Å². The van der Waals surface area contributed by atoms with Gasteiger partial charge in [-0.2, -0.15) is 0 Å². The van der Waals surface area contributed by atoms with E-state index in [9.17, 15) is 14.0 Å². The van der Waals surface area contributed by atoms with Crippen LogP contribution in [0.1, 0.15) is 37.2 Å². The van der Waals surface area contributed by atoms with Gasteiger partial charge in [0.05, 0.1) is 7.11 Å². The zero-order valence-corrected chi connectivity index (χ0v) is 13.8. The van der Waals surface area contributed by atoms with Crippen LogP contribution in [0.15, 0.2) is 24.3 Å². The van der Waals surface area contributed by atoms with Gasteiger partial charge in [0.1, 0.15) is 5.82 Å². The van der Waals surface area contributed by atoms with Gasteiger partial charge in [0.25, 0.3) is 0 Å². The smallest absolute Gasteiger partial charge is 0.407 e. The van der Waals surface area contributed by atoms with Crippen LogP contribution in [0.25, 0.3) is 0 Å². The molecule has 1 saturated heterocycles. The van der Waals surface area contributed by atoms with Crippen molar-refractivity contribution in [3.63, 3.8) is 0 Å². The molecule has 1 saturated carbocycles. The molecule has 0 radical (unpaired) electrons. The molecule has 6 heteroatoms. The van der Waals surface area contributed by atoms with Gasteiger partial charge in [-0.3, -0.25) is 4.79 Å². The molecule has 0 atom stereocenters. The average molecular weight is 334 g/mol. The SMILES string of the molecule is COC(=O)NC1CC(C(=O)N2CCC(c3ccccc3F)CC2)C1. The summed E-state index contributed by atoms with van der Waals surface area (Å²) in [6.45, 7) is 1.34. The quantitative estimate of drug-likeness (QED) is 0.924. The molecule has 2 amide bonds. The summed E-state index contributed by atoms with van der Waals surface area (Å²) in [4.78, 5) is 25.5. The Hall–Kier alpha value is -2.11. The third-order valence-electron chi connectivity index (χ3n) is 5.15. The summed E-state index contributed by atoms with van der Waals surface area (Å²) < 4.78 is 18.4. The van der Waals surface area contributed by atoms with E-state index >= 15 is 0 Å². The first-order valence-corrected chi connectivity index (χ1v) is 8.46. The van der Waals surface area contributed by atoms with Gasteiger partial charge in [-0.25, -0.2) is 9.18 Å². The van der Waals surface area contributed by atoms with Crippen LogP contribution in [0, 0.1) is 11.7 Å². The first-order valence-electron chi connectivity index (χ1n) is 8.46. The van der Waals surface area contributed by atoms with E-state index in [1.807, 2.05) is 17.0 Å². The van der Waals surface area contributed by atoms with E-state index in [0.717, 1.165) is 18.4 Å². The number of rotatable bonds is 3. The average Bonchev–Trinajstić information content (AvgIpc) is 2.57. The monoisotopic (exact) mass is 334 g/mol. The number of piperidine rings is 1. The number of ether oxygens (including phenoxy) is 1. The molecule has 24 heavy (non-hydrogen) atoms. The Bertz CT molecular complexity index is 608. The number of hydrogen-bond donors (Lipinski definition) is 1. The number of nitrogens with one attached hydrogen (secondary N) is 1. The molecular weight excluding hydrogens is 311 g/mol. The van der Waals surface area contributed by atoms with Gasteiger partial charge < -0.3 is 15.0 Å². The Balaban J connectivity index is 1.46. The van der Waals surface area contributed by atoms with Crippen molar-refractivity contribution in [2.24, 2.45) is 5.92 Å². The Kier molecular flexibility index (Phi) is 5.02. The number of hydrogen-bond acceptors (Lipinski definition) is 3. The second-order valence-corrected chi connectivity index (χ2v) is 6.62. The topological polar surface area (TPSA) is 58.6 Å². The molecule has 5 nitrogen and oxygen atoms in total. The first-order chi connectivity index (χ1) is 11.6. The maximum atomic E-state index is 13.9. The van der Waals surface area contributed by atoms with Crippen LogP contribution in [-0.4, -0.2) is 43.1 Å². The minimum absolute atomic E-state index is 0.0165. The molecule has 0 bridgehead atoms. The van der Waals surface area contributed by atoms with Crippen molar-refractivity contribution in [1.82, 2.24) is 10.2 Å². The number of methoxy groups -OCH3 is 1. The van der Waals surface area contributed by atoms with Crippen molar-refractivity contribution in [2.45, 2.75) is 37.6 Å². The third-order valence-corrected chi connectivity index (χ3v) is 5.15. The van der Waals surface area contributed by atoms with E-state index in [-0.39, 0.29) is 29.6 Å². The van der Waals surface area contributed by atoms with Crippen molar-refractivity contribution in [2.75, 3.05) is 20.2 Å². The van der Waals surface area contributed by atoms with Crippen molar-refractivity contribution in [3.8, 4) is 0 Å². The summed E-state index contributed by atoms with van der Waals surface area (Å²) in [6.07, 6.45) is 2.48. The number of benzene rings is 1. The van der Waals surface area contributed by atoms with Crippen molar-refractivity contribution < 1.29 is 18.7 Å². The maximum absolute atomic E-state index is 13.9. The molecule has 2 fully saturated rings. The molecule has 1 N–H and O–H groups in total. The standard InChI is InChI=1S/C18H23FN2O3/c1-24-18(23)20-14-10-13(11-14)17(22)21-8-6-12(7-9-21)15-4-2-3-5-16(15)19/h2-5,12-14H,6-11H2,1H3,(H,20,23). The second-order valence-electron chi connectivity index (χ2n) is 6.62. The van der Waals surface area contributed by atoms with E-state index in [1.54, 1.807) is 6.07 Å². The molecular formula is C18H23FN2O3. The van der Waals surface area contributed by atoms with Crippen LogP contribution in [0.4, 0.5) is 9.18 Å². The number of alkyl carbamates (subject to hydrolysis) is 1. The maximum Gasteiger partial charge on any atom is 0.407 e. The van der Waals surface area contributed by atoms with Crippen LogP contribution < -0.4 is 5.32 Å². The summed E-state index contributed by atoms with van der Waals surface area (Å²) in [6, 6.07) is 6.93. The van der Waals surface area contributed by atoms with Crippen LogP contribution in [0.5, 0.6) is 0 Å². The van der Waals surface area contributed by atoms with E-state index in [0.29, 0.717) is 25.9 Å². The lowest BCUT2D eigenvalue weighted by atomic mass is 9.78. The number of amides is 2. The zero-order valence-electron chi connectivity index (χ0n) is 13.8. The number of carbonyl (C=O) groups excluding carboxylic acids is 2. The minimum Gasteiger partial charge on any atom is -0.453 e. The summed E-state index contributed by atoms with van der Waals surface area (Å²) in [5.74, 6) is 0.172. The summed E-state index contributed by atoms with van der Waals surface area (Å²) in [7, 11) is 1.33. The minimum atomic E-state index is -0.448. The Morgan fingerprint density at radius 2 is 1.88 bits per heavy atom. The van der Waals surface area contributed by atoms with Crippen LogP contribution in [-0.2, 0) is 9.53 Å². The molecule has 1 aliphatic heterocycles. The summed E-state index contributed by atoms with van der Waals surface area (Å²) >= 11 is 0. The van der Waals surface area contributed by atoms with Crippen molar-refractivity contribution in [3.05, 3.63) is 35.6 Å². The highest BCUT2D eigenvalue weighted by Crippen LogP contribution is 2.33. The van der Waals surface area contributed by atoms with Gasteiger partial charge in [0, 0.05) is 25.0 Å². The largest absolute Gasteiger partial charge is 0.453 e. The molecule has 2 aliphatic rings. The molecule has 0 aromatic heterocycles. The van der Waals surface area contributed by atoms with Crippen LogP contribution in [0.3, 0.4) is 0 Å². The Labute approximate surface area is 141 Å². The number of nitrogens with zero attached hydrogens (tertiary/aromatic N) is 1. The predicted molar refractivity (Wildman–Crippen MR) is 87.0 cm³/mol. The lowest BCUT2D eigenvalue weighted by Gasteiger charge is -2.40. The van der Waals surface area contributed by atoms with Crippen LogP contribution >= 0.6 is 0 Å². The molecule has 0 spiro atoms. The fourth-order valence-corrected chi connectivity index (χ4v) is 3.64. The van der Waals surface area contributed by atoms with Crippen LogP contribution in [0.2, 0.25) is 0 Å². The number of likely N-dealkylation sites (tertiary alicyclic amines) is 1. The molecule has 1 aromatic carbocycles. The fourth-order valence-electron chi connectivity index (χ4n) is 3.64.